The molecule has 0 spiro atoms. The molecule has 1 amide bonds. The van der Waals surface area contributed by atoms with Crippen LogP contribution in [0.2, 0.25) is 0 Å². The fourth-order valence-corrected chi connectivity index (χ4v) is 2.55. The number of methoxy groups -OCH3 is 1. The fourth-order valence-electron chi connectivity index (χ4n) is 1.76. The first-order valence-electron chi connectivity index (χ1n) is 6.02. The third-order valence-corrected chi connectivity index (χ3v) is 3.42. The summed E-state index contributed by atoms with van der Waals surface area (Å²) in [5.74, 6) is 1.44. The zero-order valence-corrected chi connectivity index (χ0v) is 12.1. The van der Waals surface area contributed by atoms with E-state index >= 15 is 0 Å². The SMILES string of the molecule is COCCNC(=O)CSCc1cc(C)cc(C)c1. The number of hydrogen-bond donors (Lipinski definition) is 1. The zero-order valence-electron chi connectivity index (χ0n) is 11.3. The highest BCUT2D eigenvalue weighted by atomic mass is 32.2. The topological polar surface area (TPSA) is 38.3 Å². The molecule has 0 aromatic heterocycles. The number of hydrogen-bond acceptors (Lipinski definition) is 3. The molecule has 3 nitrogen and oxygen atoms in total. The van der Waals surface area contributed by atoms with E-state index in [-0.39, 0.29) is 5.91 Å². The van der Waals surface area contributed by atoms with Crippen LogP contribution < -0.4 is 5.32 Å². The Hall–Kier alpha value is -1.00. The van der Waals surface area contributed by atoms with Gasteiger partial charge in [-0.15, -0.1) is 11.8 Å². The Morgan fingerprint density at radius 3 is 2.56 bits per heavy atom. The number of aryl methyl sites for hydroxylation is 2. The Bertz CT molecular complexity index is 373. The number of ether oxygens (including phenoxy) is 1. The lowest BCUT2D eigenvalue weighted by atomic mass is 10.1. The van der Waals surface area contributed by atoms with Gasteiger partial charge in [0.25, 0.3) is 0 Å². The van der Waals surface area contributed by atoms with Crippen LogP contribution in [0.3, 0.4) is 0 Å². The largest absolute Gasteiger partial charge is 0.383 e. The molecule has 1 aromatic carbocycles. The summed E-state index contributed by atoms with van der Waals surface area (Å²) in [5, 5.41) is 2.81. The van der Waals surface area contributed by atoms with Gasteiger partial charge in [-0.3, -0.25) is 4.79 Å². The normalized spacial score (nSPS) is 10.4. The smallest absolute Gasteiger partial charge is 0.230 e. The maximum atomic E-state index is 11.5. The lowest BCUT2D eigenvalue weighted by Crippen LogP contribution is -2.28. The van der Waals surface area contributed by atoms with Gasteiger partial charge in [-0.1, -0.05) is 29.3 Å². The molecule has 18 heavy (non-hydrogen) atoms. The molecule has 4 heteroatoms. The number of rotatable bonds is 7. The molecule has 0 aliphatic heterocycles. The van der Waals surface area contributed by atoms with Crippen molar-refractivity contribution in [3.05, 3.63) is 34.9 Å². The molecule has 0 atom stereocenters. The molecule has 0 aliphatic carbocycles. The Kier molecular flexibility index (Phi) is 6.83. The molecular formula is C14H21NO2S. The summed E-state index contributed by atoms with van der Waals surface area (Å²) in [6, 6.07) is 6.50. The van der Waals surface area contributed by atoms with Crippen LogP contribution in [0.4, 0.5) is 0 Å². The van der Waals surface area contributed by atoms with E-state index in [4.69, 9.17) is 4.74 Å². The fraction of sp³-hybridized carbons (Fsp3) is 0.500. The summed E-state index contributed by atoms with van der Waals surface area (Å²) in [6.45, 7) is 5.34. The van der Waals surface area contributed by atoms with Gasteiger partial charge in [0.15, 0.2) is 0 Å². The summed E-state index contributed by atoms with van der Waals surface area (Å²) < 4.78 is 4.87. The predicted molar refractivity (Wildman–Crippen MR) is 77.0 cm³/mol. The summed E-state index contributed by atoms with van der Waals surface area (Å²) in [5.41, 5.74) is 3.83. The predicted octanol–water partition coefficient (Wildman–Crippen LogP) is 2.30. The van der Waals surface area contributed by atoms with E-state index in [0.29, 0.717) is 18.9 Å². The first-order chi connectivity index (χ1) is 8.61. The van der Waals surface area contributed by atoms with Crippen molar-refractivity contribution in [2.75, 3.05) is 26.0 Å². The molecule has 0 fully saturated rings. The summed E-state index contributed by atoms with van der Waals surface area (Å²) in [4.78, 5) is 11.5. The van der Waals surface area contributed by atoms with E-state index in [9.17, 15) is 4.79 Å². The van der Waals surface area contributed by atoms with Crippen LogP contribution in [0.25, 0.3) is 0 Å². The standard InChI is InChI=1S/C14H21NO2S/c1-11-6-12(2)8-13(7-11)9-18-10-14(16)15-4-5-17-3/h6-8H,4-5,9-10H2,1-3H3,(H,15,16). The van der Waals surface area contributed by atoms with E-state index in [1.165, 1.54) is 16.7 Å². The maximum absolute atomic E-state index is 11.5. The van der Waals surface area contributed by atoms with Crippen molar-refractivity contribution in [1.82, 2.24) is 5.32 Å². The Balaban J connectivity index is 2.26. The highest BCUT2D eigenvalue weighted by Crippen LogP contribution is 2.15. The average molecular weight is 267 g/mol. The summed E-state index contributed by atoms with van der Waals surface area (Å²) >= 11 is 1.64. The van der Waals surface area contributed by atoms with Gasteiger partial charge >= 0.3 is 0 Å². The molecule has 0 unspecified atom stereocenters. The van der Waals surface area contributed by atoms with Gasteiger partial charge < -0.3 is 10.1 Å². The van der Waals surface area contributed by atoms with E-state index < -0.39 is 0 Å². The minimum absolute atomic E-state index is 0.0708. The van der Waals surface area contributed by atoms with Crippen LogP contribution in [0.15, 0.2) is 18.2 Å². The summed E-state index contributed by atoms with van der Waals surface area (Å²) in [6.07, 6.45) is 0. The van der Waals surface area contributed by atoms with Gasteiger partial charge in [0.05, 0.1) is 12.4 Å². The quantitative estimate of drug-likeness (QED) is 0.770. The van der Waals surface area contributed by atoms with Crippen molar-refractivity contribution in [1.29, 1.82) is 0 Å². The lowest BCUT2D eigenvalue weighted by molar-refractivity contribution is -0.118. The van der Waals surface area contributed by atoms with E-state index in [0.717, 1.165) is 5.75 Å². The zero-order chi connectivity index (χ0) is 13.4. The van der Waals surface area contributed by atoms with Gasteiger partial charge in [0.1, 0.15) is 0 Å². The van der Waals surface area contributed by atoms with E-state index in [1.807, 2.05) is 0 Å². The third kappa shape index (κ3) is 6.07. The second kappa shape index (κ2) is 8.16. The van der Waals surface area contributed by atoms with Gasteiger partial charge in [-0.2, -0.15) is 0 Å². The van der Waals surface area contributed by atoms with Crippen LogP contribution in [0.5, 0.6) is 0 Å². The monoisotopic (exact) mass is 267 g/mol. The van der Waals surface area contributed by atoms with Crippen molar-refractivity contribution < 1.29 is 9.53 Å². The van der Waals surface area contributed by atoms with Crippen LogP contribution in [0.1, 0.15) is 16.7 Å². The first-order valence-corrected chi connectivity index (χ1v) is 7.18. The van der Waals surface area contributed by atoms with Crippen molar-refractivity contribution in [3.8, 4) is 0 Å². The number of thioether (sulfide) groups is 1. The van der Waals surface area contributed by atoms with Crippen LogP contribution in [-0.2, 0) is 15.3 Å². The van der Waals surface area contributed by atoms with Crippen LogP contribution in [0, 0.1) is 13.8 Å². The van der Waals surface area contributed by atoms with Crippen LogP contribution in [-0.4, -0.2) is 31.9 Å². The maximum Gasteiger partial charge on any atom is 0.230 e. The summed E-state index contributed by atoms with van der Waals surface area (Å²) in [7, 11) is 1.63. The molecule has 1 rings (SSSR count). The molecule has 0 bridgehead atoms. The number of carbonyl (C=O) groups is 1. The number of nitrogens with one attached hydrogen (secondary N) is 1. The van der Waals surface area contributed by atoms with Crippen molar-refractivity contribution in [2.45, 2.75) is 19.6 Å². The highest BCUT2D eigenvalue weighted by molar-refractivity contribution is 7.99. The Morgan fingerprint density at radius 2 is 1.94 bits per heavy atom. The minimum Gasteiger partial charge on any atom is -0.383 e. The molecule has 0 radical (unpaired) electrons. The van der Waals surface area contributed by atoms with Crippen LogP contribution >= 0.6 is 11.8 Å². The number of carbonyl (C=O) groups excluding carboxylic acids is 1. The second-order valence-corrected chi connectivity index (χ2v) is 5.32. The average Bonchev–Trinajstić information content (AvgIpc) is 2.28. The molecule has 0 saturated heterocycles. The number of benzene rings is 1. The Labute approximate surface area is 113 Å². The van der Waals surface area contributed by atoms with Gasteiger partial charge in [0.2, 0.25) is 5.91 Å². The van der Waals surface area contributed by atoms with Gasteiger partial charge in [0, 0.05) is 19.4 Å². The lowest BCUT2D eigenvalue weighted by Gasteiger charge is -2.06. The molecule has 0 heterocycles. The van der Waals surface area contributed by atoms with Gasteiger partial charge in [-0.05, 0) is 19.4 Å². The first kappa shape index (κ1) is 15.1. The van der Waals surface area contributed by atoms with Gasteiger partial charge in [-0.25, -0.2) is 0 Å². The van der Waals surface area contributed by atoms with E-state index in [1.54, 1.807) is 18.9 Å². The van der Waals surface area contributed by atoms with E-state index in [2.05, 4.69) is 37.4 Å². The molecule has 1 aromatic rings. The minimum atomic E-state index is 0.0708. The molecule has 0 aliphatic rings. The molecule has 1 N–H and O–H groups in total. The number of amides is 1. The molecule has 100 valence electrons. The molecular weight excluding hydrogens is 246 g/mol. The van der Waals surface area contributed by atoms with Crippen molar-refractivity contribution in [3.63, 3.8) is 0 Å². The van der Waals surface area contributed by atoms with Crippen molar-refractivity contribution >= 4 is 17.7 Å². The highest BCUT2D eigenvalue weighted by Gasteiger charge is 2.02. The Morgan fingerprint density at radius 1 is 1.28 bits per heavy atom. The van der Waals surface area contributed by atoms with Crippen molar-refractivity contribution in [2.24, 2.45) is 0 Å². The molecule has 0 saturated carbocycles. The third-order valence-electron chi connectivity index (χ3n) is 2.41. The second-order valence-electron chi connectivity index (χ2n) is 4.33.